The molecule has 146 valence electrons. The molecule has 1 N–H and O–H groups in total. The standard InChI is InChI=1S/C25H24N2O2/c1-4-16(2)18-12-13-23-22(15-18)27-25(29-23)19-9-7-10-20(14-19)26-24(28)21-11-6-5-8-17(21)3/h5-16H,4H2,1-3H3,(H,26,28)/t16-/m1/s1. The Morgan fingerprint density at radius 3 is 2.69 bits per heavy atom. The maximum atomic E-state index is 12.6. The summed E-state index contributed by atoms with van der Waals surface area (Å²) in [6.45, 7) is 6.32. The molecule has 1 atom stereocenters. The maximum absolute atomic E-state index is 12.6. The minimum atomic E-state index is -0.129. The van der Waals surface area contributed by atoms with E-state index in [1.54, 1.807) is 0 Å². The van der Waals surface area contributed by atoms with Crippen LogP contribution < -0.4 is 5.32 Å². The lowest BCUT2D eigenvalue weighted by Crippen LogP contribution is -2.13. The van der Waals surface area contributed by atoms with E-state index in [-0.39, 0.29) is 5.91 Å². The van der Waals surface area contributed by atoms with Crippen molar-refractivity contribution in [3.8, 4) is 11.5 Å². The van der Waals surface area contributed by atoms with Gasteiger partial charge in [0.05, 0.1) is 0 Å². The van der Waals surface area contributed by atoms with Gasteiger partial charge in [-0.1, -0.05) is 44.2 Å². The van der Waals surface area contributed by atoms with Crippen LogP contribution in [0.1, 0.15) is 47.7 Å². The number of carbonyl (C=O) groups excluding carboxylic acids is 1. The van der Waals surface area contributed by atoms with Gasteiger partial charge < -0.3 is 9.73 Å². The highest BCUT2D eigenvalue weighted by Gasteiger charge is 2.13. The fourth-order valence-corrected chi connectivity index (χ4v) is 3.37. The number of oxazole rings is 1. The van der Waals surface area contributed by atoms with Crippen molar-refractivity contribution < 1.29 is 9.21 Å². The van der Waals surface area contributed by atoms with Gasteiger partial charge in [0.1, 0.15) is 5.52 Å². The van der Waals surface area contributed by atoms with Crippen molar-refractivity contribution in [1.29, 1.82) is 0 Å². The number of anilines is 1. The lowest BCUT2D eigenvalue weighted by atomic mass is 9.98. The van der Waals surface area contributed by atoms with Crippen LogP contribution in [0.3, 0.4) is 0 Å². The second-order valence-corrected chi connectivity index (χ2v) is 7.41. The summed E-state index contributed by atoms with van der Waals surface area (Å²) in [4.78, 5) is 17.3. The minimum absolute atomic E-state index is 0.129. The monoisotopic (exact) mass is 384 g/mol. The highest BCUT2D eigenvalue weighted by Crippen LogP contribution is 2.29. The van der Waals surface area contributed by atoms with Crippen LogP contribution in [0.25, 0.3) is 22.6 Å². The maximum Gasteiger partial charge on any atom is 0.255 e. The van der Waals surface area contributed by atoms with Crippen LogP contribution in [0, 0.1) is 6.92 Å². The van der Waals surface area contributed by atoms with Crippen LogP contribution in [0.15, 0.2) is 71.1 Å². The molecule has 4 rings (SSSR count). The van der Waals surface area contributed by atoms with Gasteiger partial charge in [-0.25, -0.2) is 4.98 Å². The normalized spacial score (nSPS) is 12.1. The average molecular weight is 384 g/mol. The predicted octanol–water partition coefficient (Wildman–Crippen LogP) is 6.57. The highest BCUT2D eigenvalue weighted by molar-refractivity contribution is 6.05. The largest absolute Gasteiger partial charge is 0.436 e. The third kappa shape index (κ3) is 3.92. The molecule has 0 saturated heterocycles. The van der Waals surface area contributed by atoms with Crippen molar-refractivity contribution in [2.45, 2.75) is 33.1 Å². The average Bonchev–Trinajstić information content (AvgIpc) is 3.17. The zero-order valence-electron chi connectivity index (χ0n) is 16.9. The van der Waals surface area contributed by atoms with Gasteiger partial charge in [0.2, 0.25) is 5.89 Å². The molecule has 0 bridgehead atoms. The molecule has 1 heterocycles. The van der Waals surface area contributed by atoms with Crippen LogP contribution in [-0.2, 0) is 0 Å². The van der Waals surface area contributed by atoms with Crippen molar-refractivity contribution in [2.75, 3.05) is 5.32 Å². The number of rotatable bonds is 5. The number of aryl methyl sites for hydroxylation is 1. The Morgan fingerprint density at radius 1 is 1.07 bits per heavy atom. The number of fused-ring (bicyclic) bond motifs is 1. The van der Waals surface area contributed by atoms with Gasteiger partial charge in [-0.15, -0.1) is 0 Å². The van der Waals surface area contributed by atoms with Crippen LogP contribution >= 0.6 is 0 Å². The van der Waals surface area contributed by atoms with Crippen LogP contribution in [0.5, 0.6) is 0 Å². The summed E-state index contributed by atoms with van der Waals surface area (Å²) in [6, 6.07) is 21.3. The molecule has 0 unspecified atom stereocenters. The first-order valence-electron chi connectivity index (χ1n) is 9.93. The second-order valence-electron chi connectivity index (χ2n) is 7.41. The Labute approximate surface area is 170 Å². The highest BCUT2D eigenvalue weighted by atomic mass is 16.3. The molecule has 3 aromatic carbocycles. The van der Waals surface area contributed by atoms with E-state index in [1.807, 2.05) is 61.5 Å². The molecule has 0 aliphatic heterocycles. The Kier molecular flexibility index (Phi) is 5.17. The Hall–Kier alpha value is -3.40. The summed E-state index contributed by atoms with van der Waals surface area (Å²) in [7, 11) is 0. The van der Waals surface area contributed by atoms with Gasteiger partial charge >= 0.3 is 0 Å². The fraction of sp³-hybridized carbons (Fsp3) is 0.200. The van der Waals surface area contributed by atoms with E-state index in [9.17, 15) is 4.79 Å². The van der Waals surface area contributed by atoms with E-state index in [1.165, 1.54) is 5.56 Å². The van der Waals surface area contributed by atoms with Gasteiger partial charge in [0, 0.05) is 16.8 Å². The molecular weight excluding hydrogens is 360 g/mol. The number of nitrogens with one attached hydrogen (secondary N) is 1. The molecule has 1 aromatic heterocycles. The zero-order chi connectivity index (χ0) is 20.4. The third-order valence-corrected chi connectivity index (χ3v) is 5.35. The first kappa shape index (κ1) is 18.9. The van der Waals surface area contributed by atoms with Crippen molar-refractivity contribution >= 4 is 22.7 Å². The van der Waals surface area contributed by atoms with Crippen molar-refractivity contribution in [3.63, 3.8) is 0 Å². The van der Waals surface area contributed by atoms with Crippen molar-refractivity contribution in [3.05, 3.63) is 83.4 Å². The Balaban J connectivity index is 1.61. The Bertz CT molecular complexity index is 1180. The van der Waals surface area contributed by atoms with E-state index in [4.69, 9.17) is 4.42 Å². The number of carbonyl (C=O) groups is 1. The predicted molar refractivity (Wildman–Crippen MR) is 117 cm³/mol. The molecule has 4 heteroatoms. The molecule has 0 saturated carbocycles. The van der Waals surface area contributed by atoms with Gasteiger partial charge in [-0.3, -0.25) is 4.79 Å². The number of hydrogen-bond donors (Lipinski definition) is 1. The van der Waals surface area contributed by atoms with E-state index in [2.05, 4.69) is 36.3 Å². The molecule has 4 nitrogen and oxygen atoms in total. The molecule has 0 aliphatic carbocycles. The molecule has 0 spiro atoms. The molecule has 1 amide bonds. The quantitative estimate of drug-likeness (QED) is 0.423. The summed E-state index contributed by atoms with van der Waals surface area (Å²) in [5.74, 6) is 0.906. The molecule has 29 heavy (non-hydrogen) atoms. The number of nitrogens with zero attached hydrogens (tertiary/aromatic N) is 1. The first-order chi connectivity index (χ1) is 14.0. The van der Waals surface area contributed by atoms with Crippen LogP contribution in [-0.4, -0.2) is 10.9 Å². The first-order valence-corrected chi connectivity index (χ1v) is 9.93. The van der Waals surface area contributed by atoms with Crippen molar-refractivity contribution in [1.82, 2.24) is 4.98 Å². The summed E-state index contributed by atoms with van der Waals surface area (Å²) in [5.41, 5.74) is 6.02. The van der Waals surface area contributed by atoms with E-state index >= 15 is 0 Å². The third-order valence-electron chi connectivity index (χ3n) is 5.35. The molecule has 4 aromatic rings. The van der Waals surface area contributed by atoms with Gasteiger partial charge in [-0.05, 0) is 66.8 Å². The summed E-state index contributed by atoms with van der Waals surface area (Å²) in [5, 5.41) is 2.97. The van der Waals surface area contributed by atoms with Crippen molar-refractivity contribution in [2.24, 2.45) is 0 Å². The molecular formula is C25H24N2O2. The van der Waals surface area contributed by atoms with Crippen LogP contribution in [0.2, 0.25) is 0 Å². The SMILES string of the molecule is CC[C@@H](C)c1ccc2oc(-c3cccc(NC(=O)c4ccccc4C)c3)nc2c1. The van der Waals surface area contributed by atoms with E-state index < -0.39 is 0 Å². The number of aromatic nitrogens is 1. The smallest absolute Gasteiger partial charge is 0.255 e. The minimum Gasteiger partial charge on any atom is -0.436 e. The van der Waals surface area contributed by atoms with E-state index in [0.717, 1.165) is 28.6 Å². The molecule has 0 fully saturated rings. The molecule has 0 radical (unpaired) electrons. The zero-order valence-corrected chi connectivity index (χ0v) is 16.9. The lowest BCUT2D eigenvalue weighted by molar-refractivity contribution is 0.102. The summed E-state index contributed by atoms with van der Waals surface area (Å²) < 4.78 is 5.96. The number of hydrogen-bond acceptors (Lipinski definition) is 3. The number of benzene rings is 3. The second kappa shape index (κ2) is 7.92. The van der Waals surface area contributed by atoms with Crippen LogP contribution in [0.4, 0.5) is 5.69 Å². The number of amides is 1. The molecule has 0 aliphatic rings. The lowest BCUT2D eigenvalue weighted by Gasteiger charge is -2.08. The van der Waals surface area contributed by atoms with E-state index in [0.29, 0.717) is 23.1 Å². The Morgan fingerprint density at radius 2 is 1.90 bits per heavy atom. The van der Waals surface area contributed by atoms with Gasteiger partial charge in [0.25, 0.3) is 5.91 Å². The summed E-state index contributed by atoms with van der Waals surface area (Å²) in [6.07, 6.45) is 1.08. The fourth-order valence-electron chi connectivity index (χ4n) is 3.37. The van der Waals surface area contributed by atoms with Gasteiger partial charge in [0.15, 0.2) is 5.58 Å². The summed E-state index contributed by atoms with van der Waals surface area (Å²) >= 11 is 0. The topological polar surface area (TPSA) is 55.1 Å². The van der Waals surface area contributed by atoms with Gasteiger partial charge in [-0.2, -0.15) is 0 Å².